The molecule has 18 heavy (non-hydrogen) atoms. The van der Waals surface area contributed by atoms with Gasteiger partial charge in [0.2, 0.25) is 5.91 Å². The second kappa shape index (κ2) is 7.84. The largest absolute Gasteiger partial charge is 0.392 e. The molecule has 0 fully saturated rings. The van der Waals surface area contributed by atoms with Gasteiger partial charge in [0, 0.05) is 13.1 Å². The van der Waals surface area contributed by atoms with Crippen molar-refractivity contribution in [1.82, 2.24) is 10.2 Å². The standard InChI is InChI=1S/C14H22N2O2/c1-3-15-14(18)10-16(4-2)9-12-5-7-13(11-17)8-6-12/h5-8,17H,3-4,9-11H2,1-2H3,(H,15,18). The predicted molar refractivity (Wildman–Crippen MR) is 72.0 cm³/mol. The zero-order chi connectivity index (χ0) is 13.4. The summed E-state index contributed by atoms with van der Waals surface area (Å²) < 4.78 is 0. The van der Waals surface area contributed by atoms with E-state index in [1.165, 1.54) is 0 Å². The van der Waals surface area contributed by atoms with Gasteiger partial charge in [0.25, 0.3) is 0 Å². The van der Waals surface area contributed by atoms with Crippen LogP contribution in [0.15, 0.2) is 24.3 Å². The molecule has 2 N–H and O–H groups in total. The van der Waals surface area contributed by atoms with Crippen molar-refractivity contribution >= 4 is 5.91 Å². The molecule has 0 saturated heterocycles. The van der Waals surface area contributed by atoms with Crippen LogP contribution >= 0.6 is 0 Å². The Morgan fingerprint density at radius 1 is 1.22 bits per heavy atom. The van der Waals surface area contributed by atoms with Gasteiger partial charge in [0.1, 0.15) is 0 Å². The lowest BCUT2D eigenvalue weighted by Gasteiger charge is -2.19. The molecule has 0 saturated carbocycles. The van der Waals surface area contributed by atoms with E-state index >= 15 is 0 Å². The molecule has 1 rings (SSSR count). The summed E-state index contributed by atoms with van der Waals surface area (Å²) in [5.74, 6) is 0.0614. The molecule has 0 heterocycles. The van der Waals surface area contributed by atoms with E-state index in [1.54, 1.807) is 0 Å². The molecule has 0 unspecified atom stereocenters. The number of likely N-dealkylation sites (N-methyl/N-ethyl adjacent to an activating group) is 2. The van der Waals surface area contributed by atoms with Gasteiger partial charge in [-0.3, -0.25) is 9.69 Å². The lowest BCUT2D eigenvalue weighted by molar-refractivity contribution is -0.122. The summed E-state index contributed by atoms with van der Waals surface area (Å²) in [7, 11) is 0. The van der Waals surface area contributed by atoms with Crippen molar-refractivity contribution < 1.29 is 9.90 Å². The van der Waals surface area contributed by atoms with Crippen molar-refractivity contribution in [3.63, 3.8) is 0 Å². The molecule has 0 spiro atoms. The maximum atomic E-state index is 11.5. The van der Waals surface area contributed by atoms with Crippen LogP contribution in [0.2, 0.25) is 0 Å². The van der Waals surface area contributed by atoms with Crippen molar-refractivity contribution in [2.45, 2.75) is 27.0 Å². The van der Waals surface area contributed by atoms with Gasteiger partial charge in [-0.05, 0) is 24.6 Å². The predicted octanol–water partition coefficient (Wildman–Crippen LogP) is 1.14. The zero-order valence-corrected chi connectivity index (χ0v) is 11.1. The van der Waals surface area contributed by atoms with Crippen LogP contribution in [0.25, 0.3) is 0 Å². The molecule has 0 radical (unpaired) electrons. The Morgan fingerprint density at radius 3 is 2.33 bits per heavy atom. The highest BCUT2D eigenvalue weighted by atomic mass is 16.3. The van der Waals surface area contributed by atoms with E-state index in [4.69, 9.17) is 5.11 Å². The number of aliphatic hydroxyl groups is 1. The molecule has 0 atom stereocenters. The Balaban J connectivity index is 2.53. The van der Waals surface area contributed by atoms with Crippen molar-refractivity contribution in [1.29, 1.82) is 0 Å². The fourth-order valence-electron chi connectivity index (χ4n) is 1.74. The van der Waals surface area contributed by atoms with E-state index in [9.17, 15) is 4.79 Å². The highest BCUT2D eigenvalue weighted by molar-refractivity contribution is 5.77. The monoisotopic (exact) mass is 250 g/mol. The van der Waals surface area contributed by atoms with Crippen molar-refractivity contribution in [2.75, 3.05) is 19.6 Å². The third-order valence-corrected chi connectivity index (χ3v) is 2.80. The van der Waals surface area contributed by atoms with Gasteiger partial charge in [0.15, 0.2) is 0 Å². The average molecular weight is 250 g/mol. The molecule has 0 aromatic heterocycles. The number of rotatable bonds is 7. The van der Waals surface area contributed by atoms with Gasteiger partial charge in [-0.25, -0.2) is 0 Å². The fraction of sp³-hybridized carbons (Fsp3) is 0.500. The van der Waals surface area contributed by atoms with Gasteiger partial charge < -0.3 is 10.4 Å². The maximum Gasteiger partial charge on any atom is 0.234 e. The van der Waals surface area contributed by atoms with E-state index in [0.717, 1.165) is 24.2 Å². The smallest absolute Gasteiger partial charge is 0.234 e. The normalized spacial score (nSPS) is 10.7. The lowest BCUT2D eigenvalue weighted by atomic mass is 10.1. The van der Waals surface area contributed by atoms with Crippen LogP contribution in [0.1, 0.15) is 25.0 Å². The first-order valence-corrected chi connectivity index (χ1v) is 6.37. The Hall–Kier alpha value is -1.39. The molecule has 0 aliphatic carbocycles. The third kappa shape index (κ3) is 4.85. The Labute approximate surface area is 109 Å². The third-order valence-electron chi connectivity index (χ3n) is 2.80. The van der Waals surface area contributed by atoms with Gasteiger partial charge in [0.05, 0.1) is 13.2 Å². The van der Waals surface area contributed by atoms with Gasteiger partial charge in [-0.2, -0.15) is 0 Å². The minimum atomic E-state index is 0.0614. The Morgan fingerprint density at radius 2 is 1.83 bits per heavy atom. The summed E-state index contributed by atoms with van der Waals surface area (Å²) in [6, 6.07) is 7.81. The summed E-state index contributed by atoms with van der Waals surface area (Å²) >= 11 is 0. The minimum Gasteiger partial charge on any atom is -0.392 e. The molecule has 100 valence electrons. The Bertz CT molecular complexity index is 363. The van der Waals surface area contributed by atoms with E-state index in [1.807, 2.05) is 38.1 Å². The summed E-state index contributed by atoms with van der Waals surface area (Å²) in [5.41, 5.74) is 2.06. The molecule has 0 aliphatic heterocycles. The first kappa shape index (κ1) is 14.7. The minimum absolute atomic E-state index is 0.0614. The molecule has 4 nitrogen and oxygen atoms in total. The molecule has 1 amide bonds. The van der Waals surface area contributed by atoms with Crippen LogP contribution in [0.3, 0.4) is 0 Å². The van der Waals surface area contributed by atoms with E-state index in [-0.39, 0.29) is 12.5 Å². The number of hydrogen-bond acceptors (Lipinski definition) is 3. The summed E-state index contributed by atoms with van der Waals surface area (Å²) in [4.78, 5) is 13.6. The SMILES string of the molecule is CCNC(=O)CN(CC)Cc1ccc(CO)cc1. The Kier molecular flexibility index (Phi) is 6.39. The average Bonchev–Trinajstić information content (AvgIpc) is 2.39. The van der Waals surface area contributed by atoms with Crippen molar-refractivity contribution in [3.05, 3.63) is 35.4 Å². The number of amides is 1. The molecule has 0 aliphatic rings. The van der Waals surface area contributed by atoms with Crippen LogP contribution in [0, 0.1) is 0 Å². The summed E-state index contributed by atoms with van der Waals surface area (Å²) in [5, 5.41) is 11.8. The number of benzene rings is 1. The summed E-state index contributed by atoms with van der Waals surface area (Å²) in [6.45, 7) is 6.70. The van der Waals surface area contributed by atoms with E-state index < -0.39 is 0 Å². The van der Waals surface area contributed by atoms with Gasteiger partial charge >= 0.3 is 0 Å². The van der Waals surface area contributed by atoms with E-state index in [0.29, 0.717) is 13.1 Å². The molecular formula is C14H22N2O2. The quantitative estimate of drug-likeness (QED) is 0.763. The maximum absolute atomic E-state index is 11.5. The van der Waals surface area contributed by atoms with Crippen LogP contribution in [-0.4, -0.2) is 35.5 Å². The molecule has 1 aromatic rings. The highest BCUT2D eigenvalue weighted by Crippen LogP contribution is 2.07. The molecular weight excluding hydrogens is 228 g/mol. The van der Waals surface area contributed by atoms with Gasteiger partial charge in [-0.1, -0.05) is 31.2 Å². The number of carbonyl (C=O) groups excluding carboxylic acids is 1. The summed E-state index contributed by atoms with van der Waals surface area (Å²) in [6.07, 6.45) is 0. The lowest BCUT2D eigenvalue weighted by Crippen LogP contribution is -2.36. The number of nitrogens with zero attached hydrogens (tertiary/aromatic N) is 1. The number of hydrogen-bond donors (Lipinski definition) is 2. The second-order valence-corrected chi connectivity index (χ2v) is 4.23. The van der Waals surface area contributed by atoms with Crippen LogP contribution < -0.4 is 5.32 Å². The second-order valence-electron chi connectivity index (χ2n) is 4.23. The fourth-order valence-corrected chi connectivity index (χ4v) is 1.74. The number of carbonyl (C=O) groups is 1. The first-order valence-electron chi connectivity index (χ1n) is 6.37. The van der Waals surface area contributed by atoms with Crippen molar-refractivity contribution in [2.24, 2.45) is 0 Å². The van der Waals surface area contributed by atoms with Crippen LogP contribution in [0.5, 0.6) is 0 Å². The van der Waals surface area contributed by atoms with Crippen molar-refractivity contribution in [3.8, 4) is 0 Å². The van der Waals surface area contributed by atoms with Crippen LogP contribution in [0.4, 0.5) is 0 Å². The van der Waals surface area contributed by atoms with E-state index in [2.05, 4.69) is 10.2 Å². The highest BCUT2D eigenvalue weighted by Gasteiger charge is 2.08. The van der Waals surface area contributed by atoms with Gasteiger partial charge in [-0.15, -0.1) is 0 Å². The molecule has 1 aromatic carbocycles. The first-order chi connectivity index (χ1) is 8.69. The number of aliphatic hydroxyl groups excluding tert-OH is 1. The zero-order valence-electron chi connectivity index (χ0n) is 11.1. The topological polar surface area (TPSA) is 52.6 Å². The number of nitrogens with one attached hydrogen (secondary N) is 1. The van der Waals surface area contributed by atoms with Crippen LogP contribution in [-0.2, 0) is 17.9 Å². The molecule has 0 bridgehead atoms. The molecule has 4 heteroatoms.